The molecule has 98 valence electrons. The Bertz CT molecular complexity index is 434. The van der Waals surface area contributed by atoms with Gasteiger partial charge in [-0.05, 0) is 31.0 Å². The Labute approximate surface area is 107 Å². The Kier molecular flexibility index (Phi) is 3.81. The largest absolute Gasteiger partial charge is 0.389 e. The van der Waals surface area contributed by atoms with Crippen LogP contribution in [0, 0.1) is 0 Å². The van der Waals surface area contributed by atoms with Gasteiger partial charge < -0.3 is 15.3 Å². The SMILES string of the molecule is CC(=O)NC1CCN(c2cc([C@H](C)O)ccn2)C1. The van der Waals surface area contributed by atoms with Crippen molar-refractivity contribution in [3.05, 3.63) is 23.9 Å². The summed E-state index contributed by atoms with van der Waals surface area (Å²) in [6.07, 6.45) is 2.16. The summed E-state index contributed by atoms with van der Waals surface area (Å²) in [5.41, 5.74) is 0.864. The van der Waals surface area contributed by atoms with Gasteiger partial charge in [-0.3, -0.25) is 4.79 Å². The van der Waals surface area contributed by atoms with Crippen LogP contribution >= 0.6 is 0 Å². The molecule has 5 nitrogen and oxygen atoms in total. The van der Waals surface area contributed by atoms with Crippen molar-refractivity contribution >= 4 is 11.7 Å². The number of nitrogens with one attached hydrogen (secondary N) is 1. The van der Waals surface area contributed by atoms with Crippen LogP contribution in [0.3, 0.4) is 0 Å². The van der Waals surface area contributed by atoms with Crippen LogP contribution in [0.5, 0.6) is 0 Å². The molecule has 2 atom stereocenters. The van der Waals surface area contributed by atoms with Gasteiger partial charge in [0.15, 0.2) is 0 Å². The van der Waals surface area contributed by atoms with Gasteiger partial charge in [-0.1, -0.05) is 0 Å². The Hall–Kier alpha value is -1.62. The van der Waals surface area contributed by atoms with Crippen molar-refractivity contribution in [1.82, 2.24) is 10.3 Å². The third-order valence-corrected chi connectivity index (χ3v) is 3.17. The summed E-state index contributed by atoms with van der Waals surface area (Å²) < 4.78 is 0. The molecule has 0 saturated carbocycles. The molecule has 1 aromatic heterocycles. The lowest BCUT2D eigenvalue weighted by molar-refractivity contribution is -0.119. The van der Waals surface area contributed by atoms with Crippen molar-refractivity contribution < 1.29 is 9.90 Å². The van der Waals surface area contributed by atoms with Crippen LogP contribution in [0.2, 0.25) is 0 Å². The molecule has 5 heteroatoms. The minimum absolute atomic E-state index is 0.00698. The molecule has 1 aliphatic heterocycles. The number of aliphatic hydroxyl groups excluding tert-OH is 1. The maximum absolute atomic E-state index is 11.0. The molecule has 18 heavy (non-hydrogen) atoms. The number of nitrogens with zero attached hydrogens (tertiary/aromatic N) is 2. The maximum atomic E-state index is 11.0. The van der Waals surface area contributed by atoms with Gasteiger partial charge in [-0.15, -0.1) is 0 Å². The first-order valence-electron chi connectivity index (χ1n) is 6.22. The molecule has 1 amide bonds. The molecule has 2 heterocycles. The summed E-state index contributed by atoms with van der Waals surface area (Å²) in [7, 11) is 0. The molecular formula is C13H19N3O2. The Balaban J connectivity index is 2.05. The van der Waals surface area contributed by atoms with Gasteiger partial charge in [0.05, 0.1) is 6.10 Å². The van der Waals surface area contributed by atoms with Gasteiger partial charge in [0.2, 0.25) is 5.91 Å². The monoisotopic (exact) mass is 249 g/mol. The van der Waals surface area contributed by atoms with Gasteiger partial charge in [0, 0.05) is 32.3 Å². The number of anilines is 1. The molecular weight excluding hydrogens is 230 g/mol. The predicted octanol–water partition coefficient (Wildman–Crippen LogP) is 0.850. The summed E-state index contributed by atoms with van der Waals surface area (Å²) in [4.78, 5) is 17.5. The van der Waals surface area contributed by atoms with E-state index in [1.807, 2.05) is 12.1 Å². The minimum Gasteiger partial charge on any atom is -0.389 e. The van der Waals surface area contributed by atoms with Gasteiger partial charge in [-0.25, -0.2) is 4.98 Å². The molecule has 1 aromatic rings. The van der Waals surface area contributed by atoms with E-state index in [-0.39, 0.29) is 11.9 Å². The zero-order valence-electron chi connectivity index (χ0n) is 10.8. The van der Waals surface area contributed by atoms with E-state index in [0.717, 1.165) is 30.9 Å². The zero-order valence-corrected chi connectivity index (χ0v) is 10.8. The van der Waals surface area contributed by atoms with Gasteiger partial charge in [0.25, 0.3) is 0 Å². The van der Waals surface area contributed by atoms with Crippen LogP contribution < -0.4 is 10.2 Å². The van der Waals surface area contributed by atoms with E-state index < -0.39 is 6.10 Å². The van der Waals surface area contributed by atoms with E-state index in [9.17, 15) is 9.90 Å². The molecule has 1 aliphatic rings. The first-order chi connectivity index (χ1) is 8.56. The molecule has 0 aliphatic carbocycles. The first-order valence-corrected chi connectivity index (χ1v) is 6.22. The molecule has 0 bridgehead atoms. The molecule has 0 aromatic carbocycles. The lowest BCUT2D eigenvalue weighted by atomic mass is 10.2. The van der Waals surface area contributed by atoms with E-state index in [1.54, 1.807) is 13.1 Å². The van der Waals surface area contributed by atoms with Crippen molar-refractivity contribution in [3.63, 3.8) is 0 Å². The number of aromatic nitrogens is 1. The van der Waals surface area contributed by atoms with E-state index in [4.69, 9.17) is 0 Å². The maximum Gasteiger partial charge on any atom is 0.217 e. The number of carbonyl (C=O) groups excluding carboxylic acids is 1. The zero-order chi connectivity index (χ0) is 13.1. The Morgan fingerprint density at radius 2 is 2.44 bits per heavy atom. The summed E-state index contributed by atoms with van der Waals surface area (Å²) in [5.74, 6) is 0.869. The summed E-state index contributed by atoms with van der Waals surface area (Å²) >= 11 is 0. The minimum atomic E-state index is -0.486. The van der Waals surface area contributed by atoms with Crippen molar-refractivity contribution in [2.24, 2.45) is 0 Å². The smallest absolute Gasteiger partial charge is 0.217 e. The molecule has 1 unspecified atom stereocenters. The molecule has 1 fully saturated rings. The summed E-state index contributed by atoms with van der Waals surface area (Å²) in [6, 6.07) is 3.91. The van der Waals surface area contributed by atoms with Crippen molar-refractivity contribution in [2.45, 2.75) is 32.4 Å². The molecule has 2 rings (SSSR count). The van der Waals surface area contributed by atoms with Gasteiger partial charge >= 0.3 is 0 Å². The Morgan fingerprint density at radius 1 is 1.67 bits per heavy atom. The molecule has 0 radical (unpaired) electrons. The summed E-state index contributed by atoms with van der Waals surface area (Å²) in [5, 5.41) is 12.5. The number of carbonyl (C=O) groups is 1. The number of pyridine rings is 1. The van der Waals surface area contributed by atoms with Crippen molar-refractivity contribution in [2.75, 3.05) is 18.0 Å². The Morgan fingerprint density at radius 3 is 3.11 bits per heavy atom. The first kappa shape index (κ1) is 12.8. The lowest BCUT2D eigenvalue weighted by Crippen LogP contribution is -2.35. The molecule has 1 saturated heterocycles. The summed E-state index contributed by atoms with van der Waals surface area (Å²) in [6.45, 7) is 4.93. The van der Waals surface area contributed by atoms with Crippen LogP contribution in [-0.4, -0.2) is 35.1 Å². The van der Waals surface area contributed by atoms with Gasteiger partial charge in [0.1, 0.15) is 5.82 Å². The number of amides is 1. The lowest BCUT2D eigenvalue weighted by Gasteiger charge is -2.18. The standard InChI is InChI=1S/C13H19N3O2/c1-9(17)11-3-5-14-13(7-11)16-6-4-12(8-16)15-10(2)18/h3,5,7,9,12,17H,4,6,8H2,1-2H3,(H,15,18)/t9-,12?/m0/s1. The highest BCUT2D eigenvalue weighted by atomic mass is 16.3. The number of rotatable bonds is 3. The van der Waals surface area contributed by atoms with Crippen LogP contribution in [0.15, 0.2) is 18.3 Å². The fraction of sp³-hybridized carbons (Fsp3) is 0.538. The second-order valence-electron chi connectivity index (χ2n) is 4.76. The van der Waals surface area contributed by atoms with E-state index in [2.05, 4.69) is 15.2 Å². The molecule has 0 spiro atoms. The van der Waals surface area contributed by atoms with Crippen LogP contribution in [0.25, 0.3) is 0 Å². The highest BCUT2D eigenvalue weighted by molar-refractivity contribution is 5.73. The average molecular weight is 249 g/mol. The fourth-order valence-corrected chi connectivity index (χ4v) is 2.24. The fourth-order valence-electron chi connectivity index (χ4n) is 2.24. The number of aliphatic hydroxyl groups is 1. The third-order valence-electron chi connectivity index (χ3n) is 3.17. The normalized spacial score (nSPS) is 20.8. The predicted molar refractivity (Wildman–Crippen MR) is 69.3 cm³/mol. The second kappa shape index (κ2) is 5.35. The number of hydrogen-bond acceptors (Lipinski definition) is 4. The quantitative estimate of drug-likeness (QED) is 0.833. The highest BCUT2D eigenvalue weighted by Crippen LogP contribution is 2.21. The highest BCUT2D eigenvalue weighted by Gasteiger charge is 2.24. The van der Waals surface area contributed by atoms with Crippen LogP contribution in [0.1, 0.15) is 31.9 Å². The van der Waals surface area contributed by atoms with Crippen LogP contribution in [0.4, 0.5) is 5.82 Å². The van der Waals surface area contributed by atoms with E-state index in [0.29, 0.717) is 0 Å². The number of hydrogen-bond donors (Lipinski definition) is 2. The van der Waals surface area contributed by atoms with E-state index >= 15 is 0 Å². The average Bonchev–Trinajstić information content (AvgIpc) is 2.77. The van der Waals surface area contributed by atoms with Crippen LogP contribution in [-0.2, 0) is 4.79 Å². The van der Waals surface area contributed by atoms with E-state index in [1.165, 1.54) is 6.92 Å². The van der Waals surface area contributed by atoms with Crippen molar-refractivity contribution in [1.29, 1.82) is 0 Å². The molecule has 2 N–H and O–H groups in total. The van der Waals surface area contributed by atoms with Crippen molar-refractivity contribution in [3.8, 4) is 0 Å². The third kappa shape index (κ3) is 2.98. The second-order valence-corrected chi connectivity index (χ2v) is 4.76. The van der Waals surface area contributed by atoms with Gasteiger partial charge in [-0.2, -0.15) is 0 Å². The topological polar surface area (TPSA) is 65.5 Å².